The van der Waals surface area contributed by atoms with E-state index in [0.29, 0.717) is 30.4 Å². The van der Waals surface area contributed by atoms with Gasteiger partial charge in [0.05, 0.1) is 19.8 Å². The van der Waals surface area contributed by atoms with Gasteiger partial charge in [0.1, 0.15) is 0 Å². The number of nitrogens with zero attached hydrogens (tertiary/aromatic N) is 1. The molecule has 0 saturated heterocycles. The summed E-state index contributed by atoms with van der Waals surface area (Å²) in [5.74, 6) is 0.730. The van der Waals surface area contributed by atoms with E-state index in [1.807, 2.05) is 44.2 Å². The maximum atomic E-state index is 12.1. The molecule has 3 amide bonds. The van der Waals surface area contributed by atoms with Gasteiger partial charge < -0.3 is 19.7 Å². The molecule has 7 nitrogen and oxygen atoms in total. The summed E-state index contributed by atoms with van der Waals surface area (Å²) in [5.41, 5.74) is 1.39. The normalized spacial score (nSPS) is 10.0. The number of ether oxygens (including phenoxy) is 2. The summed E-state index contributed by atoms with van der Waals surface area (Å²) < 4.78 is 11.0. The summed E-state index contributed by atoms with van der Waals surface area (Å²) in [7, 11) is 1.79. The smallest absolute Gasteiger partial charge is 0.325 e. The molecule has 27 heavy (non-hydrogen) atoms. The molecule has 7 heteroatoms. The maximum absolute atomic E-state index is 12.1. The summed E-state index contributed by atoms with van der Waals surface area (Å²) in [5, 5.41) is 4.95. The van der Waals surface area contributed by atoms with Crippen molar-refractivity contribution in [1.82, 2.24) is 5.32 Å². The molecule has 0 spiro atoms. The van der Waals surface area contributed by atoms with Gasteiger partial charge in [-0.1, -0.05) is 18.2 Å². The molecule has 0 bridgehead atoms. The Hall–Kier alpha value is -3.22. The first-order valence-electron chi connectivity index (χ1n) is 8.80. The average molecular weight is 371 g/mol. The van der Waals surface area contributed by atoms with Crippen LogP contribution >= 0.6 is 0 Å². The Morgan fingerprint density at radius 1 is 0.963 bits per heavy atom. The van der Waals surface area contributed by atoms with E-state index in [1.54, 1.807) is 30.1 Å². The molecule has 0 aromatic heterocycles. The lowest BCUT2D eigenvalue weighted by atomic mass is 10.2. The Morgan fingerprint density at radius 2 is 1.63 bits per heavy atom. The number of nitrogens with one attached hydrogen (secondary N) is 2. The lowest BCUT2D eigenvalue weighted by Gasteiger charge is -2.18. The van der Waals surface area contributed by atoms with Crippen LogP contribution in [0.25, 0.3) is 0 Å². The lowest BCUT2D eigenvalue weighted by Crippen LogP contribution is -2.40. The van der Waals surface area contributed by atoms with Crippen molar-refractivity contribution in [2.24, 2.45) is 0 Å². The Kier molecular flexibility index (Phi) is 7.49. The minimum Gasteiger partial charge on any atom is -0.490 e. The van der Waals surface area contributed by atoms with Gasteiger partial charge in [-0.3, -0.25) is 10.1 Å². The van der Waals surface area contributed by atoms with Crippen LogP contribution in [0.5, 0.6) is 11.5 Å². The van der Waals surface area contributed by atoms with E-state index in [1.165, 1.54) is 0 Å². The second-order valence-electron chi connectivity index (χ2n) is 5.72. The van der Waals surface area contributed by atoms with Gasteiger partial charge in [0.15, 0.2) is 11.5 Å². The van der Waals surface area contributed by atoms with Crippen LogP contribution < -0.4 is 25.0 Å². The Morgan fingerprint density at radius 3 is 2.30 bits per heavy atom. The van der Waals surface area contributed by atoms with Gasteiger partial charge in [0, 0.05) is 24.5 Å². The van der Waals surface area contributed by atoms with Gasteiger partial charge in [-0.15, -0.1) is 0 Å². The Bertz CT molecular complexity index is 765. The molecule has 0 aliphatic heterocycles. The number of amides is 3. The predicted molar refractivity (Wildman–Crippen MR) is 106 cm³/mol. The summed E-state index contributed by atoms with van der Waals surface area (Å²) in [6, 6.07) is 13.9. The SMILES string of the molecule is CCOc1ccc(NC(=O)NC(=O)CN(C)c2ccccc2)cc1OCC. The molecule has 0 unspecified atom stereocenters. The molecule has 2 aromatic carbocycles. The van der Waals surface area contributed by atoms with E-state index in [4.69, 9.17) is 9.47 Å². The van der Waals surface area contributed by atoms with Gasteiger partial charge in [-0.25, -0.2) is 4.79 Å². The number of hydrogen-bond donors (Lipinski definition) is 2. The van der Waals surface area contributed by atoms with Crippen molar-refractivity contribution in [2.75, 3.05) is 37.0 Å². The van der Waals surface area contributed by atoms with E-state index in [2.05, 4.69) is 10.6 Å². The fourth-order valence-electron chi connectivity index (χ4n) is 2.45. The average Bonchev–Trinajstić information content (AvgIpc) is 2.64. The van der Waals surface area contributed by atoms with Crippen molar-refractivity contribution in [3.05, 3.63) is 48.5 Å². The second-order valence-corrected chi connectivity index (χ2v) is 5.72. The minimum atomic E-state index is -0.604. The molecule has 0 radical (unpaired) electrons. The monoisotopic (exact) mass is 371 g/mol. The third kappa shape index (κ3) is 6.22. The van der Waals surface area contributed by atoms with Crippen LogP contribution in [-0.4, -0.2) is 38.7 Å². The topological polar surface area (TPSA) is 79.9 Å². The maximum Gasteiger partial charge on any atom is 0.325 e. The molecule has 144 valence electrons. The van der Waals surface area contributed by atoms with Gasteiger partial charge in [0.25, 0.3) is 0 Å². The molecule has 2 aromatic rings. The van der Waals surface area contributed by atoms with Crippen LogP contribution in [0, 0.1) is 0 Å². The van der Waals surface area contributed by atoms with E-state index < -0.39 is 11.9 Å². The second kappa shape index (κ2) is 10.1. The fourth-order valence-corrected chi connectivity index (χ4v) is 2.45. The van der Waals surface area contributed by atoms with E-state index in [9.17, 15) is 9.59 Å². The molecule has 2 N–H and O–H groups in total. The van der Waals surface area contributed by atoms with Gasteiger partial charge >= 0.3 is 6.03 Å². The largest absolute Gasteiger partial charge is 0.490 e. The first kappa shape index (κ1) is 20.1. The quantitative estimate of drug-likeness (QED) is 0.744. The number of carbonyl (C=O) groups excluding carboxylic acids is 2. The third-order valence-electron chi connectivity index (χ3n) is 3.63. The molecular formula is C20H25N3O4. The number of benzene rings is 2. The highest BCUT2D eigenvalue weighted by atomic mass is 16.5. The number of imide groups is 1. The molecule has 0 aliphatic rings. The van der Waals surface area contributed by atoms with E-state index in [0.717, 1.165) is 5.69 Å². The number of urea groups is 1. The number of hydrogen-bond acceptors (Lipinski definition) is 5. The van der Waals surface area contributed by atoms with Gasteiger partial charge in [0.2, 0.25) is 5.91 Å². The van der Waals surface area contributed by atoms with Crippen LogP contribution in [0.1, 0.15) is 13.8 Å². The van der Waals surface area contributed by atoms with Crippen molar-refractivity contribution in [1.29, 1.82) is 0 Å². The van der Waals surface area contributed by atoms with Crippen molar-refractivity contribution >= 4 is 23.3 Å². The van der Waals surface area contributed by atoms with Crippen LogP contribution in [-0.2, 0) is 4.79 Å². The standard InChI is InChI=1S/C20H25N3O4/c1-4-26-17-12-11-15(13-18(17)27-5-2)21-20(25)22-19(24)14-23(3)16-9-7-6-8-10-16/h6-13H,4-5,14H2,1-3H3,(H2,21,22,24,25). The fraction of sp³-hybridized carbons (Fsp3) is 0.300. The summed E-state index contributed by atoms with van der Waals surface area (Å²) in [4.78, 5) is 25.9. The Balaban J connectivity index is 1.92. The molecule has 0 aliphatic carbocycles. The summed E-state index contributed by atoms with van der Waals surface area (Å²) in [6.07, 6.45) is 0. The van der Waals surface area contributed by atoms with E-state index >= 15 is 0 Å². The van der Waals surface area contributed by atoms with Crippen LogP contribution in [0.3, 0.4) is 0 Å². The molecular weight excluding hydrogens is 346 g/mol. The first-order valence-corrected chi connectivity index (χ1v) is 8.80. The molecule has 0 fully saturated rings. The number of rotatable bonds is 8. The molecule has 0 saturated carbocycles. The molecule has 2 rings (SSSR count). The van der Waals surface area contributed by atoms with Crippen LogP contribution in [0.15, 0.2) is 48.5 Å². The highest BCUT2D eigenvalue weighted by molar-refractivity contribution is 6.02. The number of anilines is 2. The molecule has 0 atom stereocenters. The highest BCUT2D eigenvalue weighted by Gasteiger charge is 2.12. The lowest BCUT2D eigenvalue weighted by molar-refractivity contribution is -0.118. The number of likely N-dealkylation sites (N-methyl/N-ethyl adjacent to an activating group) is 1. The van der Waals surface area contributed by atoms with Crippen LogP contribution in [0.2, 0.25) is 0 Å². The van der Waals surface area contributed by atoms with Gasteiger partial charge in [-0.2, -0.15) is 0 Å². The van der Waals surface area contributed by atoms with Gasteiger partial charge in [-0.05, 0) is 38.1 Å². The van der Waals surface area contributed by atoms with Crippen molar-refractivity contribution in [2.45, 2.75) is 13.8 Å². The zero-order chi connectivity index (χ0) is 19.6. The molecule has 0 heterocycles. The third-order valence-corrected chi connectivity index (χ3v) is 3.63. The highest BCUT2D eigenvalue weighted by Crippen LogP contribution is 2.30. The predicted octanol–water partition coefficient (Wildman–Crippen LogP) is 3.27. The van der Waals surface area contributed by atoms with E-state index in [-0.39, 0.29) is 6.54 Å². The van der Waals surface area contributed by atoms with Crippen molar-refractivity contribution in [3.8, 4) is 11.5 Å². The van der Waals surface area contributed by atoms with Crippen LogP contribution in [0.4, 0.5) is 16.2 Å². The Labute approximate surface area is 159 Å². The number of carbonyl (C=O) groups is 2. The van der Waals surface area contributed by atoms with Crippen molar-refractivity contribution in [3.63, 3.8) is 0 Å². The summed E-state index contributed by atoms with van der Waals surface area (Å²) in [6.45, 7) is 4.79. The minimum absolute atomic E-state index is 0.0604. The summed E-state index contributed by atoms with van der Waals surface area (Å²) >= 11 is 0. The zero-order valence-corrected chi connectivity index (χ0v) is 15.8. The zero-order valence-electron chi connectivity index (χ0n) is 15.8. The first-order chi connectivity index (χ1) is 13.0. The van der Waals surface area contributed by atoms with Crippen molar-refractivity contribution < 1.29 is 19.1 Å². The number of para-hydroxylation sites is 1.